The van der Waals surface area contributed by atoms with Crippen molar-refractivity contribution in [1.29, 1.82) is 0 Å². The highest BCUT2D eigenvalue weighted by atomic mass is 19.1. The maximum atomic E-state index is 14.2. The molecule has 0 amide bonds. The third-order valence-corrected chi connectivity index (χ3v) is 3.42. The van der Waals surface area contributed by atoms with E-state index in [1.807, 2.05) is 0 Å². The first-order valence-electron chi connectivity index (χ1n) is 6.33. The standard InChI is InChI=1S/C11H15FN6O3/c1-14-8-6-9(17-11(13)16-8)18(3-15-6)10-5(12)7(20)4(2-19)21-10/h3-5,7,10,19-20H,2H2,1H3,(H3,13,14,16,17)/t4?,5-,7-,10?/m1/s1. The van der Waals surface area contributed by atoms with E-state index in [1.54, 1.807) is 7.05 Å². The van der Waals surface area contributed by atoms with Gasteiger partial charge >= 0.3 is 0 Å². The Morgan fingerprint density at radius 2 is 2.29 bits per heavy atom. The molecule has 1 aliphatic rings. The zero-order valence-electron chi connectivity index (χ0n) is 11.1. The zero-order chi connectivity index (χ0) is 15.1. The molecule has 5 N–H and O–H groups in total. The predicted molar refractivity (Wildman–Crippen MR) is 71.2 cm³/mol. The average molecular weight is 298 g/mol. The number of aromatic nitrogens is 4. The number of aliphatic hydroxyl groups excluding tert-OH is 2. The molecule has 2 aromatic rings. The van der Waals surface area contributed by atoms with Crippen LogP contribution in [0.25, 0.3) is 11.2 Å². The fourth-order valence-corrected chi connectivity index (χ4v) is 2.37. The zero-order valence-corrected chi connectivity index (χ0v) is 11.1. The molecule has 3 rings (SSSR count). The number of nitrogens with two attached hydrogens (primary N) is 1. The van der Waals surface area contributed by atoms with Crippen LogP contribution < -0.4 is 11.1 Å². The lowest BCUT2D eigenvalue weighted by molar-refractivity contribution is -0.0459. The van der Waals surface area contributed by atoms with Crippen molar-refractivity contribution in [2.45, 2.75) is 24.6 Å². The molecule has 1 aliphatic heterocycles. The van der Waals surface area contributed by atoms with E-state index in [9.17, 15) is 9.50 Å². The lowest BCUT2D eigenvalue weighted by Gasteiger charge is -2.15. The quantitative estimate of drug-likeness (QED) is 0.569. The van der Waals surface area contributed by atoms with E-state index < -0.39 is 31.2 Å². The molecule has 4 atom stereocenters. The van der Waals surface area contributed by atoms with E-state index in [4.69, 9.17) is 15.6 Å². The van der Waals surface area contributed by atoms with Gasteiger partial charge in [-0.25, -0.2) is 9.37 Å². The van der Waals surface area contributed by atoms with Crippen LogP contribution in [0.2, 0.25) is 0 Å². The van der Waals surface area contributed by atoms with E-state index in [0.717, 1.165) is 0 Å². The van der Waals surface area contributed by atoms with Gasteiger partial charge in [-0.05, 0) is 0 Å². The smallest absolute Gasteiger partial charge is 0.224 e. The number of halogens is 1. The lowest BCUT2D eigenvalue weighted by Crippen LogP contribution is -2.30. The van der Waals surface area contributed by atoms with Crippen LogP contribution in [0.5, 0.6) is 0 Å². The summed E-state index contributed by atoms with van der Waals surface area (Å²) in [6, 6.07) is 0. The SMILES string of the molecule is CNc1nc(N)nc2c1ncn2C1OC(CO)[C@@H](O)[C@H]1F. The van der Waals surface area contributed by atoms with Gasteiger partial charge < -0.3 is 26.0 Å². The van der Waals surface area contributed by atoms with Gasteiger partial charge in [0.1, 0.15) is 12.2 Å². The summed E-state index contributed by atoms with van der Waals surface area (Å²) in [6.07, 6.45) is -3.93. The predicted octanol–water partition coefficient (Wildman–Crippen LogP) is -0.961. The molecule has 0 bridgehead atoms. The van der Waals surface area contributed by atoms with Crippen molar-refractivity contribution >= 4 is 22.9 Å². The summed E-state index contributed by atoms with van der Waals surface area (Å²) in [5.74, 6) is 0.408. The largest absolute Gasteiger partial charge is 0.394 e. The van der Waals surface area contributed by atoms with Gasteiger partial charge in [0.2, 0.25) is 5.95 Å². The van der Waals surface area contributed by atoms with Gasteiger partial charge in [0.25, 0.3) is 0 Å². The summed E-state index contributed by atoms with van der Waals surface area (Å²) < 4.78 is 20.8. The van der Waals surface area contributed by atoms with E-state index in [1.165, 1.54) is 10.9 Å². The number of hydrogen-bond acceptors (Lipinski definition) is 8. The molecule has 0 radical (unpaired) electrons. The average Bonchev–Trinajstić information content (AvgIpc) is 3.01. The highest BCUT2D eigenvalue weighted by molar-refractivity contribution is 5.84. The Bertz CT molecular complexity index is 665. The second kappa shape index (κ2) is 5.06. The minimum Gasteiger partial charge on any atom is -0.394 e. The molecule has 3 heterocycles. The normalized spacial score (nSPS) is 29.1. The van der Waals surface area contributed by atoms with Gasteiger partial charge in [0.15, 0.2) is 29.4 Å². The third-order valence-electron chi connectivity index (χ3n) is 3.42. The van der Waals surface area contributed by atoms with Crippen LogP contribution >= 0.6 is 0 Å². The topological polar surface area (TPSA) is 131 Å². The van der Waals surface area contributed by atoms with Crippen LogP contribution in [0.3, 0.4) is 0 Å². The van der Waals surface area contributed by atoms with Crippen LogP contribution in [0.4, 0.5) is 16.2 Å². The Kier molecular flexibility index (Phi) is 3.35. The van der Waals surface area contributed by atoms with Gasteiger partial charge in [-0.15, -0.1) is 0 Å². The van der Waals surface area contributed by atoms with Crippen molar-refractivity contribution in [1.82, 2.24) is 19.5 Å². The first-order valence-corrected chi connectivity index (χ1v) is 6.33. The van der Waals surface area contributed by atoms with E-state index >= 15 is 0 Å². The number of imidazole rings is 1. The summed E-state index contributed by atoms with van der Waals surface area (Å²) >= 11 is 0. The second-order valence-corrected chi connectivity index (χ2v) is 4.69. The van der Waals surface area contributed by atoms with Gasteiger partial charge in [0.05, 0.1) is 12.9 Å². The van der Waals surface area contributed by atoms with Crippen molar-refractivity contribution in [3.8, 4) is 0 Å². The lowest BCUT2D eigenvalue weighted by atomic mass is 10.1. The first kappa shape index (κ1) is 13.9. The third kappa shape index (κ3) is 2.07. The van der Waals surface area contributed by atoms with Gasteiger partial charge in [0, 0.05) is 7.05 Å². The molecule has 2 unspecified atom stereocenters. The van der Waals surface area contributed by atoms with Crippen LogP contribution in [-0.2, 0) is 4.74 Å². The molecule has 0 spiro atoms. The number of rotatable bonds is 3. The number of anilines is 2. The number of ether oxygens (including phenoxy) is 1. The summed E-state index contributed by atoms with van der Waals surface area (Å²) in [7, 11) is 1.65. The molecule has 21 heavy (non-hydrogen) atoms. The molecule has 1 fully saturated rings. The van der Waals surface area contributed by atoms with E-state index in [0.29, 0.717) is 11.3 Å². The number of hydrogen-bond donors (Lipinski definition) is 4. The Morgan fingerprint density at radius 1 is 1.52 bits per heavy atom. The van der Waals surface area contributed by atoms with Crippen molar-refractivity contribution < 1.29 is 19.3 Å². The molecule has 114 valence electrons. The van der Waals surface area contributed by atoms with Crippen LogP contribution in [0.1, 0.15) is 6.23 Å². The molecule has 1 saturated heterocycles. The van der Waals surface area contributed by atoms with Gasteiger partial charge in [-0.1, -0.05) is 0 Å². The molecule has 0 saturated carbocycles. The molecule has 9 nitrogen and oxygen atoms in total. The molecule has 0 aliphatic carbocycles. The van der Waals surface area contributed by atoms with Crippen molar-refractivity contribution in [2.24, 2.45) is 0 Å². The van der Waals surface area contributed by atoms with Crippen LogP contribution in [-0.4, -0.2) is 61.8 Å². The first-order chi connectivity index (χ1) is 10.1. The van der Waals surface area contributed by atoms with Crippen molar-refractivity contribution in [3.63, 3.8) is 0 Å². The Balaban J connectivity index is 2.07. The maximum Gasteiger partial charge on any atom is 0.224 e. The number of nitrogens with zero attached hydrogens (tertiary/aromatic N) is 4. The highest BCUT2D eigenvalue weighted by Gasteiger charge is 2.45. The summed E-state index contributed by atoms with van der Waals surface area (Å²) in [5.41, 5.74) is 6.30. The van der Waals surface area contributed by atoms with Crippen LogP contribution in [0, 0.1) is 0 Å². The monoisotopic (exact) mass is 298 g/mol. The van der Waals surface area contributed by atoms with Crippen LogP contribution in [0.15, 0.2) is 6.33 Å². The number of nitrogens with one attached hydrogen (secondary N) is 1. The molecular formula is C11H15FN6O3. The number of fused-ring (bicyclic) bond motifs is 1. The molecule has 10 heteroatoms. The van der Waals surface area contributed by atoms with E-state index in [2.05, 4.69) is 20.3 Å². The Morgan fingerprint density at radius 3 is 2.90 bits per heavy atom. The number of alkyl halides is 1. The minimum absolute atomic E-state index is 0.00117. The van der Waals surface area contributed by atoms with Gasteiger partial charge in [-0.2, -0.15) is 9.97 Å². The maximum absolute atomic E-state index is 14.2. The Hall–Kier alpha value is -2.04. The number of aliphatic hydroxyl groups is 2. The second-order valence-electron chi connectivity index (χ2n) is 4.69. The van der Waals surface area contributed by atoms with Gasteiger partial charge in [-0.3, -0.25) is 4.57 Å². The Labute approximate surface area is 118 Å². The molecule has 2 aromatic heterocycles. The minimum atomic E-state index is -1.71. The summed E-state index contributed by atoms with van der Waals surface area (Å²) in [6.45, 7) is -0.483. The summed E-state index contributed by atoms with van der Waals surface area (Å²) in [5, 5.41) is 21.6. The van der Waals surface area contributed by atoms with Crippen molar-refractivity contribution in [2.75, 3.05) is 24.7 Å². The van der Waals surface area contributed by atoms with Crippen molar-refractivity contribution in [3.05, 3.63) is 6.33 Å². The fraction of sp³-hybridized carbons (Fsp3) is 0.545. The van der Waals surface area contributed by atoms with E-state index in [-0.39, 0.29) is 11.6 Å². The molecular weight excluding hydrogens is 283 g/mol. The highest BCUT2D eigenvalue weighted by Crippen LogP contribution is 2.34. The summed E-state index contributed by atoms with van der Waals surface area (Å²) in [4.78, 5) is 12.1. The molecule has 0 aromatic carbocycles. The number of nitrogen functional groups attached to an aromatic ring is 1. The fourth-order valence-electron chi connectivity index (χ4n) is 2.37.